The van der Waals surface area contributed by atoms with Crippen molar-refractivity contribution in [1.82, 2.24) is 0 Å². The van der Waals surface area contributed by atoms with Crippen LogP contribution >= 0.6 is 0 Å². The highest BCUT2D eigenvalue weighted by molar-refractivity contribution is 5.99. The van der Waals surface area contributed by atoms with Crippen molar-refractivity contribution in [3.05, 3.63) is 65.2 Å². The summed E-state index contributed by atoms with van der Waals surface area (Å²) >= 11 is 0. The molecule has 20 heavy (non-hydrogen) atoms. The van der Waals surface area contributed by atoms with E-state index in [2.05, 4.69) is 4.99 Å². The molecule has 0 saturated heterocycles. The molecule has 4 nitrogen and oxygen atoms in total. The Balaban J connectivity index is 2.25. The average Bonchev–Trinajstić information content (AvgIpc) is 2.45. The number of carbonyl (C=O) groups excluding carboxylic acids is 1. The number of aliphatic imine (C=N–C) groups is 1. The zero-order valence-electron chi connectivity index (χ0n) is 10.9. The summed E-state index contributed by atoms with van der Waals surface area (Å²) < 4.78 is 0. The topological polar surface area (TPSA) is 66.7 Å². The summed E-state index contributed by atoms with van der Waals surface area (Å²) in [7, 11) is 0. The molecule has 0 aliphatic rings. The van der Waals surface area contributed by atoms with Gasteiger partial charge in [-0.05, 0) is 37.3 Å². The van der Waals surface area contributed by atoms with Gasteiger partial charge >= 0.3 is 5.97 Å². The van der Waals surface area contributed by atoms with E-state index >= 15 is 0 Å². The van der Waals surface area contributed by atoms with Crippen LogP contribution in [0.25, 0.3) is 0 Å². The first-order valence-electron chi connectivity index (χ1n) is 6.05. The Kier molecular flexibility index (Phi) is 4.05. The van der Waals surface area contributed by atoms with Crippen LogP contribution in [-0.2, 0) is 0 Å². The summed E-state index contributed by atoms with van der Waals surface area (Å²) in [6.07, 6.45) is 1.51. The van der Waals surface area contributed by atoms with Gasteiger partial charge in [0.05, 0.1) is 11.3 Å². The van der Waals surface area contributed by atoms with Gasteiger partial charge in [-0.2, -0.15) is 0 Å². The van der Waals surface area contributed by atoms with Crippen molar-refractivity contribution >= 4 is 23.7 Å². The van der Waals surface area contributed by atoms with E-state index in [0.717, 1.165) is 0 Å². The fourth-order valence-electron chi connectivity index (χ4n) is 1.73. The van der Waals surface area contributed by atoms with Crippen LogP contribution in [0.2, 0.25) is 0 Å². The summed E-state index contributed by atoms with van der Waals surface area (Å²) in [5, 5.41) is 9.06. The average molecular weight is 267 g/mol. The first-order valence-corrected chi connectivity index (χ1v) is 6.05. The van der Waals surface area contributed by atoms with E-state index in [1.807, 2.05) is 0 Å². The number of nitrogens with zero attached hydrogens (tertiary/aromatic N) is 1. The van der Waals surface area contributed by atoms with Gasteiger partial charge in [0, 0.05) is 17.3 Å². The van der Waals surface area contributed by atoms with Crippen LogP contribution in [0.5, 0.6) is 0 Å². The maximum Gasteiger partial charge on any atom is 0.336 e. The maximum atomic E-state index is 11.2. The molecule has 0 radical (unpaired) electrons. The number of ketones is 1. The summed E-state index contributed by atoms with van der Waals surface area (Å²) in [4.78, 5) is 26.4. The van der Waals surface area contributed by atoms with Crippen molar-refractivity contribution < 1.29 is 14.7 Å². The first kappa shape index (κ1) is 13.7. The van der Waals surface area contributed by atoms with Gasteiger partial charge < -0.3 is 5.11 Å². The molecule has 100 valence electrons. The Morgan fingerprint density at radius 2 is 1.70 bits per heavy atom. The van der Waals surface area contributed by atoms with Gasteiger partial charge in [-0.3, -0.25) is 9.79 Å². The standard InChI is InChI=1S/C16H13NO3/c1-11(18)12-6-8-14(9-7-12)17-10-13-4-2-3-5-15(13)16(19)20/h2-10H,1H3,(H,19,20)/b17-10+. The number of hydrogen-bond donors (Lipinski definition) is 1. The normalized spacial score (nSPS) is 10.7. The molecular weight excluding hydrogens is 254 g/mol. The molecule has 2 aromatic rings. The molecule has 0 aliphatic carbocycles. The van der Waals surface area contributed by atoms with E-state index in [1.54, 1.807) is 42.5 Å². The zero-order valence-corrected chi connectivity index (χ0v) is 10.9. The lowest BCUT2D eigenvalue weighted by molar-refractivity contribution is 0.0696. The number of Topliss-reactive ketones (excluding diaryl/α,β-unsaturated/α-hetero) is 1. The van der Waals surface area contributed by atoms with Crippen molar-refractivity contribution in [2.45, 2.75) is 6.92 Å². The van der Waals surface area contributed by atoms with E-state index in [4.69, 9.17) is 5.11 Å². The van der Waals surface area contributed by atoms with Crippen molar-refractivity contribution in [3.63, 3.8) is 0 Å². The molecule has 0 heterocycles. The predicted molar refractivity (Wildman–Crippen MR) is 77.1 cm³/mol. The molecule has 2 aromatic carbocycles. The van der Waals surface area contributed by atoms with Crippen molar-refractivity contribution in [2.24, 2.45) is 4.99 Å². The molecular formula is C16H13NO3. The van der Waals surface area contributed by atoms with Crippen LogP contribution in [0.4, 0.5) is 5.69 Å². The molecule has 0 amide bonds. The quantitative estimate of drug-likeness (QED) is 0.682. The van der Waals surface area contributed by atoms with Gasteiger partial charge in [0.1, 0.15) is 0 Å². The number of aromatic carboxylic acids is 1. The van der Waals surface area contributed by atoms with Crippen molar-refractivity contribution in [3.8, 4) is 0 Å². The Hall–Kier alpha value is -2.75. The van der Waals surface area contributed by atoms with Gasteiger partial charge in [0.15, 0.2) is 5.78 Å². The number of hydrogen-bond acceptors (Lipinski definition) is 3. The molecule has 0 unspecified atom stereocenters. The van der Waals surface area contributed by atoms with Crippen LogP contribution in [0.15, 0.2) is 53.5 Å². The van der Waals surface area contributed by atoms with Gasteiger partial charge in [0.25, 0.3) is 0 Å². The number of benzene rings is 2. The summed E-state index contributed by atoms with van der Waals surface area (Å²) in [6, 6.07) is 13.5. The highest BCUT2D eigenvalue weighted by Crippen LogP contribution is 2.14. The maximum absolute atomic E-state index is 11.2. The van der Waals surface area contributed by atoms with Crippen molar-refractivity contribution in [2.75, 3.05) is 0 Å². The molecule has 0 aromatic heterocycles. The second kappa shape index (κ2) is 5.93. The Morgan fingerprint density at radius 1 is 1.05 bits per heavy atom. The minimum absolute atomic E-state index is 0.00301. The van der Waals surface area contributed by atoms with Crippen LogP contribution in [0.3, 0.4) is 0 Å². The SMILES string of the molecule is CC(=O)c1ccc(/N=C/c2ccccc2C(=O)O)cc1. The molecule has 0 atom stereocenters. The monoisotopic (exact) mass is 267 g/mol. The molecule has 2 rings (SSSR count). The van der Waals surface area contributed by atoms with Gasteiger partial charge in [-0.15, -0.1) is 0 Å². The van der Waals surface area contributed by atoms with E-state index in [9.17, 15) is 9.59 Å². The lowest BCUT2D eigenvalue weighted by atomic mass is 10.1. The molecule has 4 heteroatoms. The highest BCUT2D eigenvalue weighted by atomic mass is 16.4. The number of carboxylic acid groups (broad SMARTS) is 1. The third kappa shape index (κ3) is 3.17. The first-order chi connectivity index (χ1) is 9.58. The van der Waals surface area contributed by atoms with E-state index in [0.29, 0.717) is 16.8 Å². The van der Waals surface area contributed by atoms with Crippen LogP contribution in [0, 0.1) is 0 Å². The fourth-order valence-corrected chi connectivity index (χ4v) is 1.73. The molecule has 1 N–H and O–H groups in total. The summed E-state index contributed by atoms with van der Waals surface area (Å²) in [5.41, 5.74) is 2.03. The van der Waals surface area contributed by atoms with E-state index < -0.39 is 5.97 Å². The lowest BCUT2D eigenvalue weighted by Crippen LogP contribution is -2.01. The smallest absolute Gasteiger partial charge is 0.336 e. The second-order valence-electron chi connectivity index (χ2n) is 4.25. The molecule has 0 bridgehead atoms. The predicted octanol–water partition coefficient (Wildman–Crippen LogP) is 3.34. The largest absolute Gasteiger partial charge is 0.478 e. The number of rotatable bonds is 4. The van der Waals surface area contributed by atoms with Crippen LogP contribution < -0.4 is 0 Å². The Morgan fingerprint density at radius 3 is 2.30 bits per heavy atom. The minimum Gasteiger partial charge on any atom is -0.478 e. The Labute approximate surface area is 116 Å². The van der Waals surface area contributed by atoms with Crippen LogP contribution in [0.1, 0.15) is 33.2 Å². The van der Waals surface area contributed by atoms with Gasteiger partial charge in [-0.25, -0.2) is 4.79 Å². The molecule has 0 saturated carbocycles. The van der Waals surface area contributed by atoms with Crippen LogP contribution in [-0.4, -0.2) is 23.1 Å². The van der Waals surface area contributed by atoms with E-state index in [1.165, 1.54) is 19.2 Å². The summed E-state index contributed by atoms with van der Waals surface area (Å²) in [6.45, 7) is 1.50. The lowest BCUT2D eigenvalue weighted by Gasteiger charge is -2.00. The van der Waals surface area contributed by atoms with Gasteiger partial charge in [0.2, 0.25) is 0 Å². The fraction of sp³-hybridized carbons (Fsp3) is 0.0625. The number of carboxylic acids is 1. The minimum atomic E-state index is -0.987. The van der Waals surface area contributed by atoms with Gasteiger partial charge in [-0.1, -0.05) is 18.2 Å². The number of carbonyl (C=O) groups is 2. The van der Waals surface area contributed by atoms with Crippen molar-refractivity contribution in [1.29, 1.82) is 0 Å². The molecule has 0 fully saturated rings. The Bertz CT molecular complexity index is 672. The van der Waals surface area contributed by atoms with E-state index in [-0.39, 0.29) is 11.3 Å². The molecule has 0 spiro atoms. The molecule has 0 aliphatic heterocycles. The highest BCUT2D eigenvalue weighted by Gasteiger charge is 2.06. The zero-order chi connectivity index (χ0) is 14.5. The third-order valence-electron chi connectivity index (χ3n) is 2.82. The second-order valence-corrected chi connectivity index (χ2v) is 4.25. The summed E-state index contributed by atoms with van der Waals surface area (Å²) in [5.74, 6) is -0.990. The third-order valence-corrected chi connectivity index (χ3v) is 2.82.